The molecule has 2 aromatic carbocycles. The van der Waals surface area contributed by atoms with Gasteiger partial charge in [0.1, 0.15) is 0 Å². The van der Waals surface area contributed by atoms with Crippen LogP contribution in [-0.2, 0) is 0 Å². The molecular formula is C12H9NOSi. The van der Waals surface area contributed by atoms with Crippen LogP contribution in [0.4, 0.5) is 11.4 Å². The number of anilines is 2. The molecule has 0 fully saturated rings. The fourth-order valence-corrected chi connectivity index (χ4v) is 1.58. The van der Waals surface area contributed by atoms with E-state index in [1.807, 2.05) is 48.5 Å². The Morgan fingerprint density at radius 2 is 1.20 bits per heavy atom. The zero-order valence-corrected chi connectivity index (χ0v) is 9.03. The van der Waals surface area contributed by atoms with Gasteiger partial charge in [-0.1, -0.05) is 24.3 Å². The summed E-state index contributed by atoms with van der Waals surface area (Å²) in [7, 11) is 0. The minimum atomic E-state index is 0. The highest BCUT2D eigenvalue weighted by atomic mass is 28.1. The van der Waals surface area contributed by atoms with Gasteiger partial charge in [-0.2, -0.15) is 0 Å². The second-order valence-corrected chi connectivity index (χ2v) is 3.22. The molecule has 0 saturated carbocycles. The van der Waals surface area contributed by atoms with Gasteiger partial charge in [0.15, 0.2) is 11.5 Å². The monoisotopic (exact) mass is 211 g/mol. The van der Waals surface area contributed by atoms with Crippen LogP contribution in [0.3, 0.4) is 0 Å². The Morgan fingerprint density at radius 1 is 0.733 bits per heavy atom. The van der Waals surface area contributed by atoms with Crippen LogP contribution < -0.4 is 10.1 Å². The fraction of sp³-hybridized carbons (Fsp3) is 0. The van der Waals surface area contributed by atoms with E-state index < -0.39 is 0 Å². The molecule has 15 heavy (non-hydrogen) atoms. The summed E-state index contributed by atoms with van der Waals surface area (Å²) in [5.41, 5.74) is 2.04. The molecule has 0 spiro atoms. The van der Waals surface area contributed by atoms with Gasteiger partial charge in [0.25, 0.3) is 0 Å². The van der Waals surface area contributed by atoms with Crippen molar-refractivity contribution in [1.29, 1.82) is 0 Å². The minimum Gasteiger partial charge on any atom is -0.453 e. The van der Waals surface area contributed by atoms with Crippen LogP contribution in [0.2, 0.25) is 0 Å². The number of ether oxygens (including phenoxy) is 1. The van der Waals surface area contributed by atoms with Crippen LogP contribution in [0.15, 0.2) is 48.5 Å². The van der Waals surface area contributed by atoms with Crippen LogP contribution in [0.25, 0.3) is 0 Å². The van der Waals surface area contributed by atoms with Crippen molar-refractivity contribution in [3.8, 4) is 11.5 Å². The topological polar surface area (TPSA) is 21.3 Å². The van der Waals surface area contributed by atoms with Crippen molar-refractivity contribution in [2.45, 2.75) is 0 Å². The molecule has 1 N–H and O–H groups in total. The third kappa shape index (κ3) is 1.61. The highest BCUT2D eigenvalue weighted by Crippen LogP contribution is 2.40. The second kappa shape index (κ2) is 3.79. The summed E-state index contributed by atoms with van der Waals surface area (Å²) in [6, 6.07) is 15.8. The van der Waals surface area contributed by atoms with E-state index in [0.717, 1.165) is 22.9 Å². The number of para-hydroxylation sites is 4. The second-order valence-electron chi connectivity index (χ2n) is 3.22. The van der Waals surface area contributed by atoms with Crippen LogP contribution in [0, 0.1) is 0 Å². The average Bonchev–Trinajstić information content (AvgIpc) is 2.26. The molecular weight excluding hydrogens is 202 g/mol. The first-order valence-corrected chi connectivity index (χ1v) is 4.56. The maximum Gasteiger partial charge on any atom is 0.150 e. The molecule has 0 amide bonds. The van der Waals surface area contributed by atoms with Gasteiger partial charge in [0.05, 0.1) is 11.4 Å². The van der Waals surface area contributed by atoms with Crippen molar-refractivity contribution in [3.05, 3.63) is 48.5 Å². The first-order chi connectivity index (χ1) is 6.93. The van der Waals surface area contributed by atoms with Gasteiger partial charge in [0, 0.05) is 11.0 Å². The quantitative estimate of drug-likeness (QED) is 0.577. The number of benzene rings is 2. The third-order valence-electron chi connectivity index (χ3n) is 2.26. The molecule has 0 bridgehead atoms. The van der Waals surface area contributed by atoms with E-state index in [1.54, 1.807) is 0 Å². The summed E-state index contributed by atoms with van der Waals surface area (Å²) < 4.78 is 5.71. The number of hydrogen-bond donors (Lipinski definition) is 1. The van der Waals surface area contributed by atoms with Gasteiger partial charge in [0.2, 0.25) is 0 Å². The number of nitrogens with one attached hydrogen (secondary N) is 1. The molecule has 2 nitrogen and oxygen atoms in total. The first-order valence-electron chi connectivity index (χ1n) is 4.56. The molecule has 3 rings (SSSR count). The maximum absolute atomic E-state index is 5.71. The van der Waals surface area contributed by atoms with Gasteiger partial charge in [-0.3, -0.25) is 0 Å². The number of rotatable bonds is 0. The summed E-state index contributed by atoms with van der Waals surface area (Å²) in [6.07, 6.45) is 0. The fourth-order valence-electron chi connectivity index (χ4n) is 1.58. The zero-order valence-electron chi connectivity index (χ0n) is 8.03. The molecule has 4 radical (unpaired) electrons. The summed E-state index contributed by atoms with van der Waals surface area (Å²) in [5, 5.41) is 3.32. The molecule has 3 heteroatoms. The first kappa shape index (κ1) is 9.80. The van der Waals surface area contributed by atoms with E-state index in [9.17, 15) is 0 Å². The van der Waals surface area contributed by atoms with E-state index in [4.69, 9.17) is 4.74 Å². The molecule has 0 aromatic heterocycles. The van der Waals surface area contributed by atoms with Crippen LogP contribution >= 0.6 is 0 Å². The Balaban J connectivity index is 0.000000853. The standard InChI is InChI=1S/C12H9NO.Si/c1-3-7-11-9(5-1)13-10-6-2-4-8-12(10)14-11;/h1-8,13H;. The number of hydrogen-bond acceptors (Lipinski definition) is 2. The molecule has 0 unspecified atom stereocenters. The SMILES string of the molecule is [Si].c1ccc2c(c1)Nc1ccccc1O2. The summed E-state index contributed by atoms with van der Waals surface area (Å²) in [4.78, 5) is 0. The molecule has 72 valence electrons. The predicted octanol–water partition coefficient (Wildman–Crippen LogP) is 3.16. The Morgan fingerprint density at radius 3 is 1.73 bits per heavy atom. The van der Waals surface area contributed by atoms with E-state index in [0.29, 0.717) is 0 Å². The van der Waals surface area contributed by atoms with E-state index in [1.165, 1.54) is 0 Å². The molecule has 1 aliphatic heterocycles. The Bertz CT molecular complexity index is 397. The van der Waals surface area contributed by atoms with Crippen molar-refractivity contribution in [3.63, 3.8) is 0 Å². The van der Waals surface area contributed by atoms with Gasteiger partial charge < -0.3 is 10.1 Å². The Labute approximate surface area is 92.9 Å². The summed E-state index contributed by atoms with van der Waals surface area (Å²) in [6.45, 7) is 0. The van der Waals surface area contributed by atoms with Crippen molar-refractivity contribution >= 4 is 22.3 Å². The van der Waals surface area contributed by atoms with Crippen LogP contribution in [0.1, 0.15) is 0 Å². The van der Waals surface area contributed by atoms with Gasteiger partial charge in [-0.15, -0.1) is 0 Å². The normalized spacial score (nSPS) is 11.2. The molecule has 0 atom stereocenters. The van der Waals surface area contributed by atoms with E-state index in [2.05, 4.69) is 5.32 Å². The smallest absolute Gasteiger partial charge is 0.150 e. The zero-order chi connectivity index (χ0) is 9.38. The number of fused-ring (bicyclic) bond motifs is 2. The highest BCUT2D eigenvalue weighted by Gasteiger charge is 2.13. The van der Waals surface area contributed by atoms with Gasteiger partial charge in [-0.05, 0) is 24.3 Å². The lowest BCUT2D eigenvalue weighted by atomic mass is 10.2. The lowest BCUT2D eigenvalue weighted by Gasteiger charge is -2.20. The Kier molecular flexibility index (Phi) is 2.47. The van der Waals surface area contributed by atoms with Crippen molar-refractivity contribution in [2.24, 2.45) is 0 Å². The third-order valence-corrected chi connectivity index (χ3v) is 2.26. The maximum atomic E-state index is 5.71. The molecule has 1 heterocycles. The lowest BCUT2D eigenvalue weighted by molar-refractivity contribution is 0.481. The molecule has 0 aliphatic carbocycles. The van der Waals surface area contributed by atoms with E-state index >= 15 is 0 Å². The largest absolute Gasteiger partial charge is 0.453 e. The predicted molar refractivity (Wildman–Crippen MR) is 62.0 cm³/mol. The molecule has 2 aromatic rings. The van der Waals surface area contributed by atoms with Crippen molar-refractivity contribution in [2.75, 3.05) is 5.32 Å². The van der Waals surface area contributed by atoms with Crippen LogP contribution in [-0.4, -0.2) is 11.0 Å². The lowest BCUT2D eigenvalue weighted by Crippen LogP contribution is -2.01. The van der Waals surface area contributed by atoms with Gasteiger partial charge in [-0.25, -0.2) is 0 Å². The highest BCUT2D eigenvalue weighted by molar-refractivity contribution is 5.76. The Hall–Kier alpha value is -1.74. The minimum absolute atomic E-state index is 0. The molecule has 1 aliphatic rings. The van der Waals surface area contributed by atoms with Gasteiger partial charge >= 0.3 is 0 Å². The summed E-state index contributed by atoms with van der Waals surface area (Å²) >= 11 is 0. The summed E-state index contributed by atoms with van der Waals surface area (Å²) in [5.74, 6) is 1.76. The van der Waals surface area contributed by atoms with Crippen LogP contribution in [0.5, 0.6) is 11.5 Å². The average molecular weight is 211 g/mol. The molecule has 0 saturated heterocycles. The van der Waals surface area contributed by atoms with E-state index in [-0.39, 0.29) is 11.0 Å². The van der Waals surface area contributed by atoms with Crippen molar-refractivity contribution in [1.82, 2.24) is 0 Å². The van der Waals surface area contributed by atoms with Crippen molar-refractivity contribution < 1.29 is 4.74 Å².